The second-order valence-electron chi connectivity index (χ2n) is 3.71. The van der Waals surface area contributed by atoms with Crippen LogP contribution in [0.3, 0.4) is 0 Å². The smallest absolute Gasteiger partial charge is 0.161 e. The van der Waals surface area contributed by atoms with Crippen molar-refractivity contribution in [2.75, 3.05) is 13.7 Å². The van der Waals surface area contributed by atoms with Gasteiger partial charge in [0, 0.05) is 13.5 Å². The summed E-state index contributed by atoms with van der Waals surface area (Å²) in [5.74, 6) is 2.35. The van der Waals surface area contributed by atoms with Gasteiger partial charge in [-0.05, 0) is 18.7 Å². The molecule has 0 saturated carbocycles. The molecule has 0 bridgehead atoms. The molecule has 1 aromatic heterocycles. The van der Waals surface area contributed by atoms with Crippen molar-refractivity contribution in [1.82, 2.24) is 14.8 Å². The third-order valence-electron chi connectivity index (χ3n) is 2.52. The van der Waals surface area contributed by atoms with Gasteiger partial charge >= 0.3 is 0 Å². The second-order valence-corrected chi connectivity index (χ2v) is 3.71. The van der Waals surface area contributed by atoms with Crippen LogP contribution < -0.4 is 10.5 Å². The van der Waals surface area contributed by atoms with Crippen LogP contribution in [0.4, 0.5) is 0 Å². The van der Waals surface area contributed by atoms with Crippen molar-refractivity contribution in [3.63, 3.8) is 0 Å². The fourth-order valence-electron chi connectivity index (χ4n) is 1.74. The molecule has 1 aromatic carbocycles. The van der Waals surface area contributed by atoms with Crippen molar-refractivity contribution in [2.45, 2.75) is 6.42 Å². The third-order valence-corrected chi connectivity index (χ3v) is 2.52. The molecule has 2 N–H and O–H groups in total. The van der Waals surface area contributed by atoms with Gasteiger partial charge in [-0.1, -0.05) is 12.1 Å². The molecule has 0 radical (unpaired) electrons. The highest BCUT2D eigenvalue weighted by molar-refractivity contribution is 5.64. The van der Waals surface area contributed by atoms with Gasteiger partial charge in [0.2, 0.25) is 0 Å². The van der Waals surface area contributed by atoms with Crippen LogP contribution in [0, 0.1) is 0 Å². The summed E-state index contributed by atoms with van der Waals surface area (Å²) in [6.07, 6.45) is 0.684. The van der Waals surface area contributed by atoms with Crippen LogP contribution in [0.2, 0.25) is 0 Å². The van der Waals surface area contributed by atoms with E-state index in [4.69, 9.17) is 10.5 Å². The summed E-state index contributed by atoms with van der Waals surface area (Å²) in [4.78, 5) is 4.47. The van der Waals surface area contributed by atoms with E-state index in [-0.39, 0.29) is 0 Å². The van der Waals surface area contributed by atoms with Crippen molar-refractivity contribution in [1.29, 1.82) is 0 Å². The first-order valence-electron chi connectivity index (χ1n) is 5.49. The quantitative estimate of drug-likeness (QED) is 0.853. The van der Waals surface area contributed by atoms with Crippen molar-refractivity contribution in [2.24, 2.45) is 12.8 Å². The van der Waals surface area contributed by atoms with E-state index in [1.54, 1.807) is 11.8 Å². The molecule has 2 aromatic rings. The lowest BCUT2D eigenvalue weighted by Gasteiger charge is -2.06. The van der Waals surface area contributed by atoms with Gasteiger partial charge < -0.3 is 10.5 Å². The van der Waals surface area contributed by atoms with Gasteiger partial charge in [0.05, 0.1) is 12.7 Å². The van der Waals surface area contributed by atoms with Crippen molar-refractivity contribution in [3.8, 4) is 17.1 Å². The number of aromatic nitrogens is 3. The first-order valence-corrected chi connectivity index (χ1v) is 5.49. The number of aryl methyl sites for hydroxylation is 1. The Hall–Kier alpha value is -1.88. The molecule has 17 heavy (non-hydrogen) atoms. The topological polar surface area (TPSA) is 66.0 Å². The van der Waals surface area contributed by atoms with E-state index in [1.807, 2.05) is 31.3 Å². The molecule has 1 heterocycles. The molecule has 2 rings (SSSR count). The van der Waals surface area contributed by atoms with Gasteiger partial charge in [-0.2, -0.15) is 5.10 Å². The molecule has 0 fully saturated rings. The van der Waals surface area contributed by atoms with E-state index < -0.39 is 0 Å². The van der Waals surface area contributed by atoms with Gasteiger partial charge in [-0.3, -0.25) is 0 Å². The van der Waals surface area contributed by atoms with Crippen LogP contribution in [-0.4, -0.2) is 28.4 Å². The lowest BCUT2D eigenvalue weighted by atomic mass is 10.2. The first-order chi connectivity index (χ1) is 8.26. The van der Waals surface area contributed by atoms with Crippen LogP contribution in [0.5, 0.6) is 5.75 Å². The highest BCUT2D eigenvalue weighted by atomic mass is 16.5. The number of hydrogen-bond donors (Lipinski definition) is 1. The van der Waals surface area contributed by atoms with E-state index in [0.29, 0.717) is 13.0 Å². The molecule has 5 heteroatoms. The maximum atomic E-state index is 5.50. The van der Waals surface area contributed by atoms with Crippen LogP contribution in [0.1, 0.15) is 5.82 Å². The Morgan fingerprint density at radius 2 is 2.12 bits per heavy atom. The summed E-state index contributed by atoms with van der Waals surface area (Å²) in [7, 11) is 3.52. The predicted molar refractivity (Wildman–Crippen MR) is 65.7 cm³/mol. The Labute approximate surface area is 100 Å². The Morgan fingerprint density at radius 3 is 2.82 bits per heavy atom. The van der Waals surface area contributed by atoms with Gasteiger partial charge in [-0.15, -0.1) is 0 Å². The van der Waals surface area contributed by atoms with E-state index in [2.05, 4.69) is 10.1 Å². The summed E-state index contributed by atoms with van der Waals surface area (Å²) in [6, 6.07) is 7.76. The molecular formula is C12H16N4O. The van der Waals surface area contributed by atoms with Gasteiger partial charge in [0.1, 0.15) is 5.75 Å². The lowest BCUT2D eigenvalue weighted by molar-refractivity contribution is 0.416. The zero-order valence-electron chi connectivity index (χ0n) is 10.1. The number of rotatable bonds is 4. The zero-order chi connectivity index (χ0) is 12.3. The molecule has 0 aliphatic carbocycles. The minimum atomic E-state index is 0.551. The van der Waals surface area contributed by atoms with Gasteiger partial charge in [0.15, 0.2) is 11.6 Å². The summed E-state index contributed by atoms with van der Waals surface area (Å²) >= 11 is 0. The molecule has 0 saturated heterocycles. The van der Waals surface area contributed by atoms with E-state index >= 15 is 0 Å². The number of nitrogens with zero attached hydrogens (tertiary/aromatic N) is 3. The third kappa shape index (κ3) is 2.29. The molecule has 0 amide bonds. The summed E-state index contributed by atoms with van der Waals surface area (Å²) in [6.45, 7) is 0.551. The number of nitrogens with two attached hydrogens (primary N) is 1. The molecule has 0 aliphatic heterocycles. The largest absolute Gasteiger partial charge is 0.496 e. The minimum absolute atomic E-state index is 0.551. The van der Waals surface area contributed by atoms with Crippen molar-refractivity contribution in [3.05, 3.63) is 30.1 Å². The molecule has 90 valence electrons. The molecule has 0 atom stereocenters. The Kier molecular flexibility index (Phi) is 3.39. The summed E-state index contributed by atoms with van der Waals surface area (Å²) in [5, 5.41) is 4.32. The SMILES string of the molecule is COc1ccccc1-c1nc(CCN)nn1C. The monoisotopic (exact) mass is 232 g/mol. The first kappa shape index (κ1) is 11.6. The molecule has 0 unspecified atom stereocenters. The fraction of sp³-hybridized carbons (Fsp3) is 0.333. The van der Waals surface area contributed by atoms with E-state index in [0.717, 1.165) is 23.0 Å². The molecule has 5 nitrogen and oxygen atoms in total. The second kappa shape index (κ2) is 4.97. The van der Waals surface area contributed by atoms with Crippen molar-refractivity contribution < 1.29 is 4.74 Å². The number of hydrogen-bond acceptors (Lipinski definition) is 4. The average molecular weight is 232 g/mol. The number of para-hydroxylation sites is 1. The molecular weight excluding hydrogens is 216 g/mol. The number of ether oxygens (including phenoxy) is 1. The molecule has 0 aliphatic rings. The number of methoxy groups -OCH3 is 1. The minimum Gasteiger partial charge on any atom is -0.496 e. The van der Waals surface area contributed by atoms with Crippen LogP contribution in [0.15, 0.2) is 24.3 Å². The predicted octanol–water partition coefficient (Wildman–Crippen LogP) is 0.992. The number of benzene rings is 1. The maximum Gasteiger partial charge on any atom is 0.161 e. The van der Waals surface area contributed by atoms with Crippen LogP contribution >= 0.6 is 0 Å². The highest BCUT2D eigenvalue weighted by Gasteiger charge is 2.12. The molecule has 0 spiro atoms. The Balaban J connectivity index is 2.45. The zero-order valence-corrected chi connectivity index (χ0v) is 10.1. The van der Waals surface area contributed by atoms with Crippen molar-refractivity contribution >= 4 is 0 Å². The Bertz CT molecular complexity index is 507. The van der Waals surface area contributed by atoms with Gasteiger partial charge in [-0.25, -0.2) is 9.67 Å². The standard InChI is InChI=1S/C12H16N4O/c1-16-12(14-11(15-16)7-8-13)9-5-3-4-6-10(9)17-2/h3-6H,7-8,13H2,1-2H3. The lowest BCUT2D eigenvalue weighted by Crippen LogP contribution is -2.04. The summed E-state index contributed by atoms with van der Waals surface area (Å²) < 4.78 is 7.07. The average Bonchev–Trinajstić information content (AvgIpc) is 2.70. The maximum absolute atomic E-state index is 5.50. The van der Waals surface area contributed by atoms with Crippen LogP contribution in [0.25, 0.3) is 11.4 Å². The highest BCUT2D eigenvalue weighted by Crippen LogP contribution is 2.27. The van der Waals surface area contributed by atoms with Crippen LogP contribution in [-0.2, 0) is 13.5 Å². The Morgan fingerprint density at radius 1 is 1.35 bits per heavy atom. The normalized spacial score (nSPS) is 10.5. The fourth-order valence-corrected chi connectivity index (χ4v) is 1.74. The van der Waals surface area contributed by atoms with Gasteiger partial charge in [0.25, 0.3) is 0 Å². The van der Waals surface area contributed by atoms with E-state index in [1.165, 1.54) is 0 Å². The summed E-state index contributed by atoms with van der Waals surface area (Å²) in [5.41, 5.74) is 6.44. The van der Waals surface area contributed by atoms with E-state index in [9.17, 15) is 0 Å².